The van der Waals surface area contributed by atoms with Gasteiger partial charge in [0.1, 0.15) is 5.82 Å². The summed E-state index contributed by atoms with van der Waals surface area (Å²) in [5.41, 5.74) is 1.50. The summed E-state index contributed by atoms with van der Waals surface area (Å²) in [7, 11) is 1.70. The van der Waals surface area contributed by atoms with E-state index in [1.165, 1.54) is 23.8 Å². The highest BCUT2D eigenvalue weighted by Crippen LogP contribution is 2.20. The summed E-state index contributed by atoms with van der Waals surface area (Å²) >= 11 is 0. The van der Waals surface area contributed by atoms with Crippen molar-refractivity contribution in [3.8, 4) is 0 Å². The Hall–Kier alpha value is -2.55. The average Bonchev–Trinajstić information content (AvgIpc) is 3.32. The number of hydrogen-bond acceptors (Lipinski definition) is 6. The van der Waals surface area contributed by atoms with E-state index in [9.17, 15) is 9.59 Å². The number of amides is 1. The largest absolute Gasteiger partial charge is 0.327 e. The summed E-state index contributed by atoms with van der Waals surface area (Å²) in [6, 6.07) is 0.515. The third-order valence-electron chi connectivity index (χ3n) is 5.55. The first-order valence-corrected chi connectivity index (χ1v) is 9.51. The second-order valence-electron chi connectivity index (χ2n) is 7.41. The Kier molecular flexibility index (Phi) is 4.77. The third kappa shape index (κ3) is 3.51. The molecule has 0 unspecified atom stereocenters. The van der Waals surface area contributed by atoms with Gasteiger partial charge in [0, 0.05) is 19.6 Å². The highest BCUT2D eigenvalue weighted by molar-refractivity contribution is 5.92. The van der Waals surface area contributed by atoms with Crippen LogP contribution >= 0.6 is 0 Å². The van der Waals surface area contributed by atoms with Gasteiger partial charge in [0.05, 0.1) is 30.5 Å². The van der Waals surface area contributed by atoms with Gasteiger partial charge in [-0.05, 0) is 32.7 Å². The van der Waals surface area contributed by atoms with Crippen LogP contribution in [0.1, 0.15) is 53.3 Å². The Labute approximate surface area is 157 Å². The molecule has 4 rings (SSSR count). The normalized spacial score (nSPS) is 19.3. The number of rotatable bonds is 4. The molecule has 1 N–H and O–H groups in total. The van der Waals surface area contributed by atoms with Crippen LogP contribution in [-0.4, -0.2) is 47.9 Å². The summed E-state index contributed by atoms with van der Waals surface area (Å²) in [6.07, 6.45) is 6.37. The molecule has 0 spiro atoms. The van der Waals surface area contributed by atoms with Crippen LogP contribution in [0.4, 0.5) is 0 Å². The molecule has 144 valence electrons. The van der Waals surface area contributed by atoms with Gasteiger partial charge in [-0.1, -0.05) is 11.6 Å². The number of nitrogens with one attached hydrogen (secondary N) is 1. The summed E-state index contributed by atoms with van der Waals surface area (Å²) in [5.74, 6) is 0.435. The first kappa shape index (κ1) is 17.8. The molecule has 0 saturated carbocycles. The molecule has 1 saturated heterocycles. The van der Waals surface area contributed by atoms with Crippen molar-refractivity contribution in [1.29, 1.82) is 0 Å². The molecule has 9 nitrogen and oxygen atoms in total. The maximum atomic E-state index is 12.8. The predicted molar refractivity (Wildman–Crippen MR) is 98.1 cm³/mol. The molecule has 0 radical (unpaired) electrons. The van der Waals surface area contributed by atoms with E-state index in [2.05, 4.69) is 20.6 Å². The molecule has 0 aliphatic carbocycles. The lowest BCUT2D eigenvalue weighted by Gasteiger charge is -2.23. The first-order chi connectivity index (χ1) is 13.0. The zero-order valence-corrected chi connectivity index (χ0v) is 15.8. The van der Waals surface area contributed by atoms with Crippen LogP contribution in [0.5, 0.6) is 0 Å². The topological polar surface area (TPSA) is 97.9 Å². The minimum atomic E-state index is -0.213. The molecule has 27 heavy (non-hydrogen) atoms. The third-order valence-corrected chi connectivity index (χ3v) is 5.55. The molecule has 0 bridgehead atoms. The van der Waals surface area contributed by atoms with E-state index in [0.717, 1.165) is 19.5 Å². The number of aromatic nitrogens is 5. The Bertz CT molecular complexity index is 911. The Morgan fingerprint density at radius 1 is 1.33 bits per heavy atom. The van der Waals surface area contributed by atoms with E-state index in [0.29, 0.717) is 35.4 Å². The maximum absolute atomic E-state index is 12.8. The van der Waals surface area contributed by atoms with Crippen LogP contribution in [-0.2, 0) is 26.7 Å². The maximum Gasteiger partial charge on any atom is 0.276 e. The van der Waals surface area contributed by atoms with Crippen molar-refractivity contribution in [2.45, 2.75) is 58.3 Å². The van der Waals surface area contributed by atoms with E-state index in [4.69, 9.17) is 0 Å². The molecule has 2 aromatic rings. The van der Waals surface area contributed by atoms with Gasteiger partial charge in [0.25, 0.3) is 11.5 Å². The number of fused-ring (bicyclic) bond motifs is 1. The molecule has 0 aromatic carbocycles. The van der Waals surface area contributed by atoms with Gasteiger partial charge in [-0.3, -0.25) is 18.8 Å². The summed E-state index contributed by atoms with van der Waals surface area (Å²) in [5, 5.41) is 11.7. The standard InChI is InChI=1S/C18H25N7O2/c1-12-20-15-10-24(9-14(15)17(26)23(12)2)18(27)16-11-25(22-21-16)8-6-13-5-3-4-7-19-13/h11,13,19H,3-10H2,1-2H3/t13-/m1/s1. The fraction of sp³-hybridized carbons (Fsp3) is 0.611. The first-order valence-electron chi connectivity index (χ1n) is 9.51. The number of aryl methyl sites for hydroxylation is 2. The predicted octanol–water partition coefficient (Wildman–Crippen LogP) is 0.368. The quantitative estimate of drug-likeness (QED) is 0.834. The molecule has 2 aliphatic heterocycles. The van der Waals surface area contributed by atoms with Gasteiger partial charge in [0.15, 0.2) is 5.69 Å². The zero-order chi connectivity index (χ0) is 19.0. The van der Waals surface area contributed by atoms with Crippen molar-refractivity contribution in [2.75, 3.05) is 6.54 Å². The second-order valence-corrected chi connectivity index (χ2v) is 7.41. The van der Waals surface area contributed by atoms with E-state index < -0.39 is 0 Å². The lowest BCUT2D eigenvalue weighted by atomic mass is 10.0. The van der Waals surface area contributed by atoms with Gasteiger partial charge in [-0.15, -0.1) is 5.10 Å². The van der Waals surface area contributed by atoms with Crippen molar-refractivity contribution in [3.05, 3.63) is 39.3 Å². The molecular weight excluding hydrogens is 346 g/mol. The Balaban J connectivity index is 1.41. The number of nitrogens with zero attached hydrogens (tertiary/aromatic N) is 6. The second kappa shape index (κ2) is 7.22. The van der Waals surface area contributed by atoms with Crippen molar-refractivity contribution in [3.63, 3.8) is 0 Å². The van der Waals surface area contributed by atoms with Crippen LogP contribution < -0.4 is 10.9 Å². The number of carbonyl (C=O) groups is 1. The molecule has 2 aromatic heterocycles. The van der Waals surface area contributed by atoms with E-state index in [1.54, 1.807) is 29.7 Å². The highest BCUT2D eigenvalue weighted by Gasteiger charge is 2.30. The van der Waals surface area contributed by atoms with Crippen molar-refractivity contribution >= 4 is 5.91 Å². The van der Waals surface area contributed by atoms with Crippen molar-refractivity contribution in [2.24, 2.45) is 7.05 Å². The SMILES string of the molecule is Cc1nc2c(c(=O)n1C)CN(C(=O)c1cn(CC[C@H]3CCCCN3)nn1)C2. The smallest absolute Gasteiger partial charge is 0.276 e. The van der Waals surface area contributed by atoms with E-state index >= 15 is 0 Å². The van der Waals surface area contributed by atoms with Gasteiger partial charge in [-0.2, -0.15) is 0 Å². The van der Waals surface area contributed by atoms with Crippen LogP contribution in [0, 0.1) is 6.92 Å². The van der Waals surface area contributed by atoms with Crippen LogP contribution in [0.2, 0.25) is 0 Å². The molecule has 9 heteroatoms. The Morgan fingerprint density at radius 3 is 2.96 bits per heavy atom. The van der Waals surface area contributed by atoms with Gasteiger partial charge in [-0.25, -0.2) is 4.98 Å². The molecule has 1 amide bonds. The lowest BCUT2D eigenvalue weighted by molar-refractivity contribution is 0.0744. The molecular formula is C18H25N7O2. The van der Waals surface area contributed by atoms with Crippen LogP contribution in [0.3, 0.4) is 0 Å². The van der Waals surface area contributed by atoms with Gasteiger partial charge in [0.2, 0.25) is 0 Å². The summed E-state index contributed by atoms with van der Waals surface area (Å²) in [4.78, 5) is 31.2. The fourth-order valence-corrected chi connectivity index (χ4v) is 3.80. The average molecular weight is 371 g/mol. The summed E-state index contributed by atoms with van der Waals surface area (Å²) in [6.45, 7) is 4.21. The minimum absolute atomic E-state index is 0.0866. The van der Waals surface area contributed by atoms with Crippen LogP contribution in [0.15, 0.2) is 11.0 Å². The summed E-state index contributed by atoms with van der Waals surface area (Å²) < 4.78 is 3.25. The van der Waals surface area contributed by atoms with E-state index in [1.807, 2.05) is 0 Å². The molecule has 1 fully saturated rings. The molecule has 4 heterocycles. The van der Waals surface area contributed by atoms with Crippen molar-refractivity contribution < 1.29 is 4.79 Å². The van der Waals surface area contributed by atoms with Gasteiger partial charge >= 0.3 is 0 Å². The number of piperidine rings is 1. The molecule has 2 aliphatic rings. The zero-order valence-electron chi connectivity index (χ0n) is 15.8. The number of carbonyl (C=O) groups excluding carboxylic acids is 1. The van der Waals surface area contributed by atoms with E-state index in [-0.39, 0.29) is 18.0 Å². The fourth-order valence-electron chi connectivity index (χ4n) is 3.80. The van der Waals surface area contributed by atoms with Gasteiger partial charge < -0.3 is 10.2 Å². The molecule has 1 atom stereocenters. The minimum Gasteiger partial charge on any atom is -0.327 e. The van der Waals surface area contributed by atoms with Crippen molar-refractivity contribution in [1.82, 2.24) is 34.8 Å². The highest BCUT2D eigenvalue weighted by atomic mass is 16.2. The lowest BCUT2D eigenvalue weighted by Crippen LogP contribution is -2.34. The Morgan fingerprint density at radius 2 is 2.19 bits per heavy atom. The number of hydrogen-bond donors (Lipinski definition) is 1. The van der Waals surface area contributed by atoms with Crippen LogP contribution in [0.25, 0.3) is 0 Å². The monoisotopic (exact) mass is 371 g/mol.